The highest BCUT2D eigenvalue weighted by atomic mass is 14.9. The Labute approximate surface area is 80.4 Å². The van der Waals surface area contributed by atoms with E-state index >= 15 is 0 Å². The molecule has 1 aromatic rings. The first kappa shape index (κ1) is 10.2. The SMILES string of the molecule is CC.CCc1ccnc(C2CC2)n1. The molecule has 1 aliphatic rings. The van der Waals surface area contributed by atoms with Gasteiger partial charge in [-0.15, -0.1) is 0 Å². The highest BCUT2D eigenvalue weighted by Crippen LogP contribution is 2.37. The van der Waals surface area contributed by atoms with Crippen LogP contribution in [-0.2, 0) is 6.42 Å². The zero-order valence-electron chi connectivity index (χ0n) is 8.75. The Kier molecular flexibility index (Phi) is 3.87. The molecule has 0 aliphatic heterocycles. The number of rotatable bonds is 2. The third-order valence-electron chi connectivity index (χ3n) is 2.04. The summed E-state index contributed by atoms with van der Waals surface area (Å²) in [5.41, 5.74) is 1.17. The van der Waals surface area contributed by atoms with Gasteiger partial charge in [-0.25, -0.2) is 9.97 Å². The summed E-state index contributed by atoms with van der Waals surface area (Å²) in [4.78, 5) is 8.68. The van der Waals surface area contributed by atoms with Crippen molar-refractivity contribution in [2.24, 2.45) is 0 Å². The summed E-state index contributed by atoms with van der Waals surface area (Å²) in [5.74, 6) is 1.74. The molecule has 0 bridgehead atoms. The van der Waals surface area contributed by atoms with Gasteiger partial charge in [0, 0.05) is 17.8 Å². The molecular weight excluding hydrogens is 160 g/mol. The van der Waals surface area contributed by atoms with E-state index in [1.54, 1.807) is 0 Å². The van der Waals surface area contributed by atoms with E-state index in [-0.39, 0.29) is 0 Å². The first-order chi connectivity index (χ1) is 6.40. The van der Waals surface area contributed by atoms with Crippen molar-refractivity contribution in [1.82, 2.24) is 9.97 Å². The molecule has 1 aliphatic carbocycles. The lowest BCUT2D eigenvalue weighted by molar-refractivity contribution is 0.878. The van der Waals surface area contributed by atoms with Gasteiger partial charge in [-0.05, 0) is 25.3 Å². The van der Waals surface area contributed by atoms with Gasteiger partial charge in [0.1, 0.15) is 5.82 Å². The lowest BCUT2D eigenvalue weighted by atomic mass is 10.3. The normalized spacial score (nSPS) is 14.7. The Balaban J connectivity index is 0.000000396. The second kappa shape index (κ2) is 4.95. The third-order valence-corrected chi connectivity index (χ3v) is 2.04. The van der Waals surface area contributed by atoms with E-state index in [4.69, 9.17) is 0 Å². The van der Waals surface area contributed by atoms with Crippen molar-refractivity contribution < 1.29 is 0 Å². The Hall–Kier alpha value is -0.920. The molecule has 1 fully saturated rings. The molecule has 0 spiro atoms. The number of aromatic nitrogens is 2. The molecule has 13 heavy (non-hydrogen) atoms. The van der Waals surface area contributed by atoms with Gasteiger partial charge in [0.15, 0.2) is 0 Å². The summed E-state index contributed by atoms with van der Waals surface area (Å²) in [6, 6.07) is 1.99. The van der Waals surface area contributed by atoms with E-state index in [9.17, 15) is 0 Å². The average Bonchev–Trinajstić information content (AvgIpc) is 3.04. The molecule has 0 unspecified atom stereocenters. The Bertz CT molecular complexity index is 254. The van der Waals surface area contributed by atoms with E-state index in [0.29, 0.717) is 5.92 Å². The maximum Gasteiger partial charge on any atom is 0.131 e. The molecule has 1 aromatic heterocycles. The van der Waals surface area contributed by atoms with Crippen LogP contribution in [0.3, 0.4) is 0 Å². The highest BCUT2D eigenvalue weighted by molar-refractivity contribution is 5.09. The van der Waals surface area contributed by atoms with Crippen LogP contribution in [0, 0.1) is 0 Å². The van der Waals surface area contributed by atoms with E-state index in [0.717, 1.165) is 12.2 Å². The van der Waals surface area contributed by atoms with Gasteiger partial charge in [-0.3, -0.25) is 0 Å². The van der Waals surface area contributed by atoms with Crippen molar-refractivity contribution in [2.45, 2.75) is 46.0 Å². The van der Waals surface area contributed by atoms with Crippen LogP contribution < -0.4 is 0 Å². The molecule has 0 N–H and O–H groups in total. The van der Waals surface area contributed by atoms with Crippen molar-refractivity contribution in [3.63, 3.8) is 0 Å². The first-order valence-corrected chi connectivity index (χ1v) is 5.22. The van der Waals surface area contributed by atoms with Crippen molar-refractivity contribution in [2.75, 3.05) is 0 Å². The summed E-state index contributed by atoms with van der Waals surface area (Å²) in [5, 5.41) is 0. The smallest absolute Gasteiger partial charge is 0.131 e. The minimum absolute atomic E-state index is 0.682. The van der Waals surface area contributed by atoms with Crippen LogP contribution in [0.25, 0.3) is 0 Å². The highest BCUT2D eigenvalue weighted by Gasteiger charge is 2.26. The van der Waals surface area contributed by atoms with E-state index < -0.39 is 0 Å². The summed E-state index contributed by atoms with van der Waals surface area (Å²) >= 11 is 0. The fraction of sp³-hybridized carbons (Fsp3) is 0.636. The Morgan fingerprint density at radius 2 is 2.08 bits per heavy atom. The monoisotopic (exact) mass is 178 g/mol. The molecule has 0 aromatic carbocycles. The number of hydrogen-bond donors (Lipinski definition) is 0. The van der Waals surface area contributed by atoms with Crippen molar-refractivity contribution in [1.29, 1.82) is 0 Å². The van der Waals surface area contributed by atoms with Gasteiger partial charge in [0.05, 0.1) is 0 Å². The number of hydrogen-bond acceptors (Lipinski definition) is 2. The van der Waals surface area contributed by atoms with Gasteiger partial charge < -0.3 is 0 Å². The Morgan fingerprint density at radius 1 is 1.38 bits per heavy atom. The molecule has 0 radical (unpaired) electrons. The summed E-state index contributed by atoms with van der Waals surface area (Å²) in [6.07, 6.45) is 5.46. The average molecular weight is 178 g/mol. The minimum atomic E-state index is 0.682. The number of nitrogens with zero attached hydrogens (tertiary/aromatic N) is 2. The quantitative estimate of drug-likeness (QED) is 0.695. The van der Waals surface area contributed by atoms with E-state index in [1.165, 1.54) is 18.5 Å². The van der Waals surface area contributed by atoms with Crippen molar-refractivity contribution >= 4 is 0 Å². The molecule has 72 valence electrons. The zero-order valence-corrected chi connectivity index (χ0v) is 8.75. The fourth-order valence-corrected chi connectivity index (χ4v) is 1.15. The third kappa shape index (κ3) is 2.79. The van der Waals surface area contributed by atoms with Crippen LogP contribution in [0.15, 0.2) is 12.3 Å². The second-order valence-electron chi connectivity index (χ2n) is 3.03. The van der Waals surface area contributed by atoms with Gasteiger partial charge in [0.2, 0.25) is 0 Å². The molecule has 1 heterocycles. The first-order valence-electron chi connectivity index (χ1n) is 5.22. The lowest BCUT2D eigenvalue weighted by Gasteiger charge is -1.97. The van der Waals surface area contributed by atoms with Crippen LogP contribution >= 0.6 is 0 Å². The standard InChI is InChI=1S/C9H12N2.C2H6/c1-2-8-5-6-10-9(11-8)7-3-4-7;1-2/h5-7H,2-4H2,1H3;1-2H3. The van der Waals surface area contributed by atoms with Crippen LogP contribution in [0.2, 0.25) is 0 Å². The van der Waals surface area contributed by atoms with Gasteiger partial charge in [-0.1, -0.05) is 20.8 Å². The largest absolute Gasteiger partial charge is 0.241 e. The predicted octanol–water partition coefficient (Wildman–Crippen LogP) is 2.94. The summed E-state index contributed by atoms with van der Waals surface area (Å²) in [6.45, 7) is 6.12. The van der Waals surface area contributed by atoms with Crippen molar-refractivity contribution in [3.8, 4) is 0 Å². The summed E-state index contributed by atoms with van der Waals surface area (Å²) in [7, 11) is 0. The van der Waals surface area contributed by atoms with E-state index in [2.05, 4.69) is 16.9 Å². The molecular formula is C11H18N2. The molecule has 2 rings (SSSR count). The van der Waals surface area contributed by atoms with Crippen LogP contribution in [0.1, 0.15) is 51.0 Å². The molecule has 0 amide bonds. The topological polar surface area (TPSA) is 25.8 Å². The lowest BCUT2D eigenvalue weighted by Crippen LogP contribution is -1.95. The van der Waals surface area contributed by atoms with Gasteiger partial charge in [0.25, 0.3) is 0 Å². The maximum atomic E-state index is 4.44. The number of aryl methyl sites for hydroxylation is 1. The summed E-state index contributed by atoms with van der Waals surface area (Å²) < 4.78 is 0. The maximum absolute atomic E-state index is 4.44. The van der Waals surface area contributed by atoms with Crippen molar-refractivity contribution in [3.05, 3.63) is 23.8 Å². The van der Waals surface area contributed by atoms with Crippen LogP contribution in [0.4, 0.5) is 0 Å². The molecule has 0 saturated heterocycles. The Morgan fingerprint density at radius 3 is 2.62 bits per heavy atom. The molecule has 1 saturated carbocycles. The van der Waals surface area contributed by atoms with Crippen LogP contribution in [-0.4, -0.2) is 9.97 Å². The van der Waals surface area contributed by atoms with Gasteiger partial charge >= 0.3 is 0 Å². The van der Waals surface area contributed by atoms with Crippen LogP contribution in [0.5, 0.6) is 0 Å². The molecule has 2 nitrogen and oxygen atoms in total. The van der Waals surface area contributed by atoms with Gasteiger partial charge in [-0.2, -0.15) is 0 Å². The zero-order chi connectivity index (χ0) is 9.68. The predicted molar refractivity (Wildman–Crippen MR) is 54.7 cm³/mol. The second-order valence-corrected chi connectivity index (χ2v) is 3.03. The minimum Gasteiger partial charge on any atom is -0.241 e. The molecule has 0 atom stereocenters. The molecule has 2 heteroatoms. The fourth-order valence-electron chi connectivity index (χ4n) is 1.15. The van der Waals surface area contributed by atoms with E-state index in [1.807, 2.05) is 26.1 Å².